The molecule has 0 atom stereocenters. The number of nitrogens with one attached hydrogen (secondary N) is 1. The Bertz CT molecular complexity index is 1390. The van der Waals surface area contributed by atoms with Crippen LogP contribution in [0.1, 0.15) is 22.3 Å². The number of carbonyl (C=O) groups is 1. The predicted octanol–water partition coefficient (Wildman–Crippen LogP) is 6.16. The average molecular weight is 485 g/mol. The van der Waals surface area contributed by atoms with Gasteiger partial charge >= 0.3 is 0 Å². The molecule has 0 unspecified atom stereocenters. The van der Waals surface area contributed by atoms with Gasteiger partial charge in [0.2, 0.25) is 0 Å². The van der Waals surface area contributed by atoms with E-state index in [4.69, 9.17) is 23.2 Å². The molecule has 0 aliphatic carbocycles. The topological polar surface area (TPSA) is 76.1 Å². The summed E-state index contributed by atoms with van der Waals surface area (Å²) in [6, 6.07) is 18.3. The largest absolute Gasteiger partial charge is 0.294 e. The van der Waals surface area contributed by atoms with Crippen molar-refractivity contribution in [2.75, 3.05) is 4.72 Å². The van der Waals surface area contributed by atoms with Crippen LogP contribution in [0.15, 0.2) is 84.0 Å². The second-order valence-corrected chi connectivity index (χ2v) is 9.76. The Balaban J connectivity index is 1.65. The van der Waals surface area contributed by atoms with E-state index in [1.54, 1.807) is 48.8 Å². The Kier molecular flexibility index (Phi) is 6.46. The molecule has 0 saturated heterocycles. The number of halogens is 2. The SMILES string of the molecule is O=C(CCc1cccnc1)c1cccc2c(NS(=O)(=O)c3cc(Cl)cc(Cl)c3)cccc12. The molecule has 1 N–H and O–H groups in total. The van der Waals surface area contributed by atoms with Crippen molar-refractivity contribution in [2.24, 2.45) is 0 Å². The zero-order valence-corrected chi connectivity index (χ0v) is 19.1. The van der Waals surface area contributed by atoms with Gasteiger partial charge < -0.3 is 0 Å². The monoisotopic (exact) mass is 484 g/mol. The van der Waals surface area contributed by atoms with E-state index in [0.29, 0.717) is 34.9 Å². The highest BCUT2D eigenvalue weighted by Gasteiger charge is 2.18. The van der Waals surface area contributed by atoms with E-state index in [-0.39, 0.29) is 20.7 Å². The highest BCUT2D eigenvalue weighted by Crippen LogP contribution is 2.30. The van der Waals surface area contributed by atoms with Crippen LogP contribution in [0.2, 0.25) is 10.0 Å². The number of aromatic nitrogens is 1. The molecule has 0 aliphatic heterocycles. The first kappa shape index (κ1) is 22.3. The number of nitrogens with zero attached hydrogens (tertiary/aromatic N) is 1. The molecule has 0 aliphatic rings. The Hall–Kier alpha value is -2.93. The van der Waals surface area contributed by atoms with Gasteiger partial charge in [-0.15, -0.1) is 0 Å². The summed E-state index contributed by atoms with van der Waals surface area (Å²) in [7, 11) is -3.94. The Morgan fingerprint density at radius 2 is 1.62 bits per heavy atom. The summed E-state index contributed by atoms with van der Waals surface area (Å²) in [5.74, 6) is -0.0268. The molecule has 1 aromatic heterocycles. The molecule has 5 nitrogen and oxygen atoms in total. The first-order valence-electron chi connectivity index (χ1n) is 9.76. The lowest BCUT2D eigenvalue weighted by Gasteiger charge is -2.13. The van der Waals surface area contributed by atoms with Crippen LogP contribution in [0, 0.1) is 0 Å². The summed E-state index contributed by atoms with van der Waals surface area (Å²) < 4.78 is 28.4. The summed E-state index contributed by atoms with van der Waals surface area (Å²) >= 11 is 11.9. The van der Waals surface area contributed by atoms with Gasteiger partial charge in [-0.25, -0.2) is 8.42 Å². The number of Topliss-reactive ketones (excluding diaryl/α,β-unsaturated/α-hetero) is 1. The van der Waals surface area contributed by atoms with Crippen molar-refractivity contribution in [2.45, 2.75) is 17.7 Å². The van der Waals surface area contributed by atoms with Crippen LogP contribution >= 0.6 is 23.2 Å². The summed E-state index contributed by atoms with van der Waals surface area (Å²) in [4.78, 5) is 17.0. The van der Waals surface area contributed by atoms with Crippen LogP contribution in [0.3, 0.4) is 0 Å². The molecule has 1 heterocycles. The van der Waals surface area contributed by atoms with Crippen molar-refractivity contribution in [3.8, 4) is 0 Å². The van der Waals surface area contributed by atoms with E-state index in [9.17, 15) is 13.2 Å². The fourth-order valence-electron chi connectivity index (χ4n) is 3.47. The minimum Gasteiger partial charge on any atom is -0.294 e. The number of benzene rings is 3. The van der Waals surface area contributed by atoms with E-state index in [0.717, 1.165) is 5.56 Å². The zero-order chi connectivity index (χ0) is 22.7. The van der Waals surface area contributed by atoms with Crippen molar-refractivity contribution in [3.05, 3.63) is 100 Å². The third kappa shape index (κ3) is 4.93. The summed E-state index contributed by atoms with van der Waals surface area (Å²) in [5, 5.41) is 1.74. The molecule has 4 rings (SSSR count). The lowest BCUT2D eigenvalue weighted by Crippen LogP contribution is -2.13. The van der Waals surface area contributed by atoms with Crippen molar-refractivity contribution >= 4 is 55.5 Å². The third-order valence-electron chi connectivity index (χ3n) is 4.98. The second-order valence-electron chi connectivity index (χ2n) is 7.20. The Morgan fingerprint density at radius 3 is 2.34 bits per heavy atom. The number of ketones is 1. The number of aryl methyl sites for hydroxylation is 1. The molecular weight excluding hydrogens is 467 g/mol. The second kappa shape index (κ2) is 9.28. The highest BCUT2D eigenvalue weighted by molar-refractivity contribution is 7.92. The van der Waals surface area contributed by atoms with Gasteiger partial charge in [0, 0.05) is 39.8 Å². The maximum absolute atomic E-state index is 12.9. The van der Waals surface area contributed by atoms with Gasteiger partial charge in [0.25, 0.3) is 10.0 Å². The van der Waals surface area contributed by atoms with Crippen LogP contribution in [-0.2, 0) is 16.4 Å². The number of rotatable bonds is 7. The van der Waals surface area contributed by atoms with Gasteiger partial charge in [-0.2, -0.15) is 0 Å². The van der Waals surface area contributed by atoms with E-state index < -0.39 is 10.0 Å². The molecule has 0 radical (unpaired) electrons. The Morgan fingerprint density at radius 1 is 0.906 bits per heavy atom. The number of pyridine rings is 1. The van der Waals surface area contributed by atoms with Crippen LogP contribution in [0.5, 0.6) is 0 Å². The smallest absolute Gasteiger partial charge is 0.262 e. The molecule has 8 heteroatoms. The highest BCUT2D eigenvalue weighted by atomic mass is 35.5. The Labute approximate surface area is 196 Å². The summed E-state index contributed by atoms with van der Waals surface area (Å²) in [5.41, 5.74) is 1.88. The van der Waals surface area contributed by atoms with E-state index in [1.807, 2.05) is 12.1 Å². The molecule has 0 bridgehead atoms. The van der Waals surface area contributed by atoms with Crippen LogP contribution < -0.4 is 4.72 Å². The van der Waals surface area contributed by atoms with Gasteiger partial charge in [-0.1, -0.05) is 59.6 Å². The van der Waals surface area contributed by atoms with Crippen molar-refractivity contribution in [1.29, 1.82) is 0 Å². The van der Waals surface area contributed by atoms with Crippen molar-refractivity contribution < 1.29 is 13.2 Å². The lowest BCUT2D eigenvalue weighted by molar-refractivity contribution is 0.0984. The van der Waals surface area contributed by atoms with E-state index in [2.05, 4.69) is 9.71 Å². The molecule has 0 saturated carbocycles. The van der Waals surface area contributed by atoms with Gasteiger partial charge in [0.1, 0.15) is 0 Å². The zero-order valence-electron chi connectivity index (χ0n) is 16.8. The predicted molar refractivity (Wildman–Crippen MR) is 128 cm³/mol. The quantitative estimate of drug-likeness (QED) is 0.318. The fourth-order valence-corrected chi connectivity index (χ4v) is 5.27. The van der Waals surface area contributed by atoms with Crippen LogP contribution in [0.25, 0.3) is 10.8 Å². The van der Waals surface area contributed by atoms with E-state index in [1.165, 1.54) is 18.2 Å². The van der Waals surface area contributed by atoms with Crippen molar-refractivity contribution in [3.63, 3.8) is 0 Å². The molecule has 4 aromatic rings. The van der Waals surface area contributed by atoms with Crippen LogP contribution in [-0.4, -0.2) is 19.2 Å². The summed E-state index contributed by atoms with van der Waals surface area (Å²) in [6.07, 6.45) is 4.33. The first-order chi connectivity index (χ1) is 15.3. The average Bonchev–Trinajstić information content (AvgIpc) is 2.77. The van der Waals surface area contributed by atoms with Crippen LogP contribution in [0.4, 0.5) is 5.69 Å². The first-order valence-corrected chi connectivity index (χ1v) is 12.0. The minimum absolute atomic E-state index is 0.0268. The standard InChI is InChI=1S/C24H18Cl2N2O3S/c25-17-12-18(26)14-19(13-17)32(30,31)28-23-8-2-5-20-21(23)6-1-7-22(20)24(29)10-9-16-4-3-11-27-15-16/h1-8,11-15,28H,9-10H2. The number of hydrogen-bond donors (Lipinski definition) is 1. The number of anilines is 1. The minimum atomic E-state index is -3.94. The molecule has 0 amide bonds. The third-order valence-corrected chi connectivity index (χ3v) is 6.76. The lowest BCUT2D eigenvalue weighted by atomic mass is 9.97. The number of hydrogen-bond acceptors (Lipinski definition) is 4. The van der Waals surface area contributed by atoms with Gasteiger partial charge in [-0.3, -0.25) is 14.5 Å². The molecule has 32 heavy (non-hydrogen) atoms. The van der Waals surface area contributed by atoms with E-state index >= 15 is 0 Å². The number of sulfonamides is 1. The van der Waals surface area contributed by atoms with Crippen molar-refractivity contribution in [1.82, 2.24) is 4.98 Å². The maximum atomic E-state index is 12.9. The van der Waals surface area contributed by atoms with Gasteiger partial charge in [-0.05, 0) is 47.7 Å². The van der Waals surface area contributed by atoms with Gasteiger partial charge in [0.15, 0.2) is 5.78 Å². The molecule has 0 fully saturated rings. The van der Waals surface area contributed by atoms with Gasteiger partial charge in [0.05, 0.1) is 10.6 Å². The number of fused-ring (bicyclic) bond motifs is 1. The number of carbonyl (C=O) groups excluding carboxylic acids is 1. The summed E-state index contributed by atoms with van der Waals surface area (Å²) in [6.45, 7) is 0. The molecular formula is C24H18Cl2N2O3S. The normalized spacial score (nSPS) is 11.4. The molecule has 162 valence electrons. The maximum Gasteiger partial charge on any atom is 0.262 e. The fraction of sp³-hybridized carbons (Fsp3) is 0.0833. The molecule has 0 spiro atoms. The molecule has 3 aromatic carbocycles.